The molecule has 72 valence electrons. The molecule has 1 unspecified atom stereocenters. The molecule has 0 fully saturated rings. The van der Waals surface area contributed by atoms with E-state index in [0.29, 0.717) is 5.02 Å². The van der Waals surface area contributed by atoms with Crippen molar-refractivity contribution in [2.24, 2.45) is 0 Å². The van der Waals surface area contributed by atoms with Crippen LogP contribution in [0.3, 0.4) is 0 Å². The van der Waals surface area contributed by atoms with Gasteiger partial charge in [0.15, 0.2) is 0 Å². The minimum Gasteiger partial charge on any atom is -0.423 e. The van der Waals surface area contributed by atoms with Crippen molar-refractivity contribution in [1.29, 1.82) is 0 Å². The van der Waals surface area contributed by atoms with Crippen molar-refractivity contribution in [2.75, 3.05) is 6.66 Å². The zero-order valence-electron chi connectivity index (χ0n) is 7.32. The fourth-order valence-corrected chi connectivity index (χ4v) is 1.71. The largest absolute Gasteiger partial charge is 0.423 e. The fourth-order valence-electron chi connectivity index (χ4n) is 0.862. The highest BCUT2D eigenvalue weighted by Crippen LogP contribution is 2.41. The van der Waals surface area contributed by atoms with Crippen LogP contribution in [-0.4, -0.2) is 11.6 Å². The average molecular weight is 221 g/mol. The molecule has 0 bridgehead atoms. The highest BCUT2D eigenvalue weighted by atomic mass is 35.5. The quantitative estimate of drug-likeness (QED) is 0.780. The Bertz CT molecular complexity index is 358. The second-order valence-electron chi connectivity index (χ2n) is 2.83. The summed E-state index contributed by atoms with van der Waals surface area (Å²) in [5, 5.41) is 0.344. The normalized spacial score (nSPS) is 15.1. The summed E-state index contributed by atoms with van der Waals surface area (Å²) < 4.78 is 15.7. The van der Waals surface area contributed by atoms with Crippen LogP contribution in [-0.2, 0) is 4.57 Å². The van der Waals surface area contributed by atoms with Gasteiger partial charge in [-0.1, -0.05) is 17.7 Å². The van der Waals surface area contributed by atoms with Crippen molar-refractivity contribution >= 4 is 19.2 Å². The van der Waals surface area contributed by atoms with Gasteiger partial charge < -0.3 is 9.42 Å². The Kier molecular flexibility index (Phi) is 3.01. The van der Waals surface area contributed by atoms with Crippen molar-refractivity contribution < 1.29 is 14.0 Å². The van der Waals surface area contributed by atoms with Crippen LogP contribution < -0.4 is 4.52 Å². The maximum Gasteiger partial charge on any atom is 0.373 e. The van der Waals surface area contributed by atoms with Crippen LogP contribution in [0.1, 0.15) is 5.56 Å². The van der Waals surface area contributed by atoms with Gasteiger partial charge in [-0.2, -0.15) is 0 Å². The smallest absolute Gasteiger partial charge is 0.373 e. The van der Waals surface area contributed by atoms with E-state index in [-0.39, 0.29) is 5.75 Å². The lowest BCUT2D eigenvalue weighted by Crippen LogP contribution is -1.90. The highest BCUT2D eigenvalue weighted by Gasteiger charge is 2.13. The molecule has 0 heterocycles. The molecule has 1 N–H and O–H groups in total. The third kappa shape index (κ3) is 3.39. The first kappa shape index (κ1) is 10.6. The van der Waals surface area contributed by atoms with Crippen molar-refractivity contribution in [1.82, 2.24) is 0 Å². The van der Waals surface area contributed by atoms with Gasteiger partial charge in [-0.25, -0.2) is 4.57 Å². The molecule has 13 heavy (non-hydrogen) atoms. The minimum atomic E-state index is -3.51. The molecule has 1 aromatic carbocycles. The van der Waals surface area contributed by atoms with Crippen LogP contribution >= 0.6 is 19.2 Å². The molecule has 0 aliphatic heterocycles. The Labute approximate surface area is 81.8 Å². The van der Waals surface area contributed by atoms with Crippen LogP contribution in [0.15, 0.2) is 18.2 Å². The van der Waals surface area contributed by atoms with E-state index in [9.17, 15) is 4.57 Å². The molecule has 0 amide bonds. The summed E-state index contributed by atoms with van der Waals surface area (Å²) in [4.78, 5) is 8.94. The van der Waals surface area contributed by atoms with Crippen LogP contribution in [0.4, 0.5) is 0 Å². The molecule has 0 saturated carbocycles. The van der Waals surface area contributed by atoms with Crippen molar-refractivity contribution in [3.63, 3.8) is 0 Å². The molecule has 0 aromatic heterocycles. The zero-order valence-corrected chi connectivity index (χ0v) is 8.97. The number of hydrogen-bond donors (Lipinski definition) is 1. The predicted octanol–water partition coefficient (Wildman–Crippen LogP) is 2.84. The molecule has 1 aromatic rings. The first-order valence-corrected chi connectivity index (χ1v) is 6.05. The summed E-state index contributed by atoms with van der Waals surface area (Å²) in [6.45, 7) is 2.99. The Hall–Kier alpha value is -0.500. The van der Waals surface area contributed by atoms with Gasteiger partial charge in [0.05, 0.1) is 5.02 Å². The number of benzene rings is 1. The van der Waals surface area contributed by atoms with Crippen molar-refractivity contribution in [3.05, 3.63) is 28.8 Å². The molecular weight excluding hydrogens is 211 g/mol. The SMILES string of the molecule is Cc1ccc(OP(C)(=O)O)c(Cl)c1. The van der Waals surface area contributed by atoms with E-state index >= 15 is 0 Å². The molecule has 0 aliphatic rings. The molecular formula is C8H10ClO3P. The van der Waals surface area contributed by atoms with Crippen LogP contribution in [0.25, 0.3) is 0 Å². The average Bonchev–Trinajstić information content (AvgIpc) is 1.93. The van der Waals surface area contributed by atoms with Crippen LogP contribution in [0.2, 0.25) is 5.02 Å². The van der Waals surface area contributed by atoms with E-state index in [2.05, 4.69) is 0 Å². The van der Waals surface area contributed by atoms with Crippen molar-refractivity contribution in [2.45, 2.75) is 6.92 Å². The van der Waals surface area contributed by atoms with Gasteiger partial charge in [0.1, 0.15) is 5.75 Å². The summed E-state index contributed by atoms with van der Waals surface area (Å²) in [7, 11) is -3.51. The molecule has 3 nitrogen and oxygen atoms in total. The Balaban J connectivity index is 2.97. The van der Waals surface area contributed by atoms with Crippen LogP contribution in [0, 0.1) is 6.92 Å². The molecule has 0 radical (unpaired) electrons. The molecule has 0 aliphatic carbocycles. The Morgan fingerprint density at radius 2 is 2.15 bits per heavy atom. The Morgan fingerprint density at radius 1 is 1.54 bits per heavy atom. The topological polar surface area (TPSA) is 46.5 Å². The monoisotopic (exact) mass is 220 g/mol. The molecule has 0 saturated heterocycles. The predicted molar refractivity (Wildman–Crippen MR) is 52.6 cm³/mol. The third-order valence-corrected chi connectivity index (χ3v) is 2.19. The van der Waals surface area contributed by atoms with Crippen LogP contribution in [0.5, 0.6) is 5.75 Å². The number of rotatable bonds is 2. The minimum absolute atomic E-state index is 0.237. The van der Waals surface area contributed by atoms with Gasteiger partial charge in [-0.3, -0.25) is 0 Å². The zero-order chi connectivity index (χ0) is 10.1. The van der Waals surface area contributed by atoms with E-state index in [0.717, 1.165) is 12.2 Å². The molecule has 0 spiro atoms. The lowest BCUT2D eigenvalue weighted by Gasteiger charge is -2.10. The first-order chi connectivity index (χ1) is 5.88. The van der Waals surface area contributed by atoms with Gasteiger partial charge in [0.25, 0.3) is 0 Å². The summed E-state index contributed by atoms with van der Waals surface area (Å²) in [6.07, 6.45) is 0. The summed E-state index contributed by atoms with van der Waals surface area (Å²) >= 11 is 5.78. The maximum atomic E-state index is 10.9. The summed E-state index contributed by atoms with van der Waals surface area (Å²) in [5.74, 6) is 0.237. The van der Waals surface area contributed by atoms with Gasteiger partial charge >= 0.3 is 7.60 Å². The standard InChI is InChI=1S/C8H10ClO3P/c1-6-3-4-8(7(9)5-6)12-13(2,10)11/h3-5H,1-2H3,(H,10,11). The van der Waals surface area contributed by atoms with E-state index in [1.165, 1.54) is 0 Å². The molecule has 5 heteroatoms. The lowest BCUT2D eigenvalue weighted by molar-refractivity contribution is 0.387. The number of aryl methyl sites for hydroxylation is 1. The van der Waals surface area contributed by atoms with E-state index in [4.69, 9.17) is 21.0 Å². The highest BCUT2D eigenvalue weighted by molar-refractivity contribution is 7.52. The second kappa shape index (κ2) is 3.70. The maximum absolute atomic E-state index is 10.9. The van der Waals surface area contributed by atoms with Crippen molar-refractivity contribution in [3.8, 4) is 5.75 Å². The summed E-state index contributed by atoms with van der Waals surface area (Å²) in [5.41, 5.74) is 0.973. The lowest BCUT2D eigenvalue weighted by atomic mass is 10.2. The molecule has 1 atom stereocenters. The van der Waals surface area contributed by atoms with Gasteiger partial charge in [-0.15, -0.1) is 0 Å². The van der Waals surface area contributed by atoms with Gasteiger partial charge in [0, 0.05) is 6.66 Å². The number of halogens is 1. The second-order valence-corrected chi connectivity index (χ2v) is 5.02. The first-order valence-electron chi connectivity index (χ1n) is 3.64. The number of hydrogen-bond acceptors (Lipinski definition) is 2. The van der Waals surface area contributed by atoms with E-state index < -0.39 is 7.60 Å². The third-order valence-electron chi connectivity index (χ3n) is 1.36. The van der Waals surface area contributed by atoms with Gasteiger partial charge in [0.2, 0.25) is 0 Å². The molecule has 1 rings (SSSR count). The van der Waals surface area contributed by atoms with Gasteiger partial charge in [-0.05, 0) is 24.6 Å². The summed E-state index contributed by atoms with van der Waals surface area (Å²) in [6, 6.07) is 5.01. The van der Waals surface area contributed by atoms with E-state index in [1.54, 1.807) is 18.2 Å². The van der Waals surface area contributed by atoms with E-state index in [1.807, 2.05) is 6.92 Å². The Morgan fingerprint density at radius 3 is 2.62 bits per heavy atom. The fraction of sp³-hybridized carbons (Fsp3) is 0.250.